The maximum atomic E-state index is 12.6. The van der Waals surface area contributed by atoms with Gasteiger partial charge in [0.05, 0.1) is 17.0 Å². The van der Waals surface area contributed by atoms with Gasteiger partial charge >= 0.3 is 0 Å². The van der Waals surface area contributed by atoms with Crippen LogP contribution in [0.25, 0.3) is 0 Å². The molecule has 0 aliphatic carbocycles. The molecule has 1 aromatic heterocycles. The van der Waals surface area contributed by atoms with Crippen LogP contribution in [0, 0.1) is 6.92 Å². The van der Waals surface area contributed by atoms with E-state index in [1.54, 1.807) is 35.2 Å². The van der Waals surface area contributed by atoms with Gasteiger partial charge in [0.1, 0.15) is 6.33 Å². The Morgan fingerprint density at radius 3 is 2.57 bits per heavy atom. The summed E-state index contributed by atoms with van der Waals surface area (Å²) in [4.78, 5) is 24.9. The molecule has 0 aliphatic rings. The summed E-state index contributed by atoms with van der Waals surface area (Å²) in [5, 5.41) is 14.1. The molecule has 8 heteroatoms. The largest absolute Gasteiger partial charge is 0.348 e. The van der Waals surface area contributed by atoms with Gasteiger partial charge in [-0.2, -0.15) is 0 Å². The molecule has 0 saturated carbocycles. The standard InChI is InChI=1S/C20H21N5O2S/c1-14-7-9-15(10-8-14)11-21-19(27)16-5-3-4-6-17(16)23-18(26)12-28-20-24-22-13-25(20)2/h3-10,13H,11-12H2,1-2H3,(H,21,27)(H,23,26). The molecule has 0 aliphatic heterocycles. The Labute approximate surface area is 167 Å². The Morgan fingerprint density at radius 1 is 1.11 bits per heavy atom. The topological polar surface area (TPSA) is 88.9 Å². The first-order valence-electron chi connectivity index (χ1n) is 8.72. The predicted octanol–water partition coefficient (Wildman–Crippen LogP) is 2.78. The van der Waals surface area contributed by atoms with Crippen LogP contribution in [0.3, 0.4) is 0 Å². The highest BCUT2D eigenvalue weighted by Gasteiger charge is 2.14. The Morgan fingerprint density at radius 2 is 1.86 bits per heavy atom. The average Bonchev–Trinajstić information content (AvgIpc) is 3.11. The van der Waals surface area contributed by atoms with Gasteiger partial charge in [0, 0.05) is 13.6 Å². The molecule has 2 N–H and O–H groups in total. The molecule has 144 valence electrons. The molecule has 3 rings (SSSR count). The summed E-state index contributed by atoms with van der Waals surface area (Å²) in [6, 6.07) is 14.9. The van der Waals surface area contributed by atoms with Gasteiger partial charge in [-0.3, -0.25) is 9.59 Å². The minimum absolute atomic E-state index is 0.172. The summed E-state index contributed by atoms with van der Waals surface area (Å²) in [7, 11) is 1.81. The molecule has 0 radical (unpaired) electrons. The number of para-hydroxylation sites is 1. The smallest absolute Gasteiger partial charge is 0.253 e. The molecule has 0 bridgehead atoms. The molecule has 2 amide bonds. The monoisotopic (exact) mass is 395 g/mol. The fraction of sp³-hybridized carbons (Fsp3) is 0.200. The van der Waals surface area contributed by atoms with Crippen LogP contribution < -0.4 is 10.6 Å². The molecule has 2 aromatic carbocycles. The van der Waals surface area contributed by atoms with Gasteiger partial charge in [-0.25, -0.2) is 0 Å². The maximum absolute atomic E-state index is 12.6. The first-order chi connectivity index (χ1) is 13.5. The highest BCUT2D eigenvalue weighted by molar-refractivity contribution is 7.99. The maximum Gasteiger partial charge on any atom is 0.253 e. The second-order valence-corrected chi connectivity index (χ2v) is 7.22. The number of aryl methyl sites for hydroxylation is 2. The number of thioether (sulfide) groups is 1. The van der Waals surface area contributed by atoms with E-state index in [1.807, 2.05) is 38.2 Å². The number of rotatable bonds is 7. The molecular formula is C20H21N5O2S. The van der Waals surface area contributed by atoms with Crippen LogP contribution in [0.5, 0.6) is 0 Å². The molecule has 28 heavy (non-hydrogen) atoms. The zero-order valence-electron chi connectivity index (χ0n) is 15.7. The molecule has 0 spiro atoms. The second kappa shape index (κ2) is 9.18. The highest BCUT2D eigenvalue weighted by Crippen LogP contribution is 2.18. The first kappa shape index (κ1) is 19.6. The van der Waals surface area contributed by atoms with Crippen molar-refractivity contribution in [2.45, 2.75) is 18.6 Å². The number of aromatic nitrogens is 3. The lowest BCUT2D eigenvalue weighted by Gasteiger charge is -2.11. The van der Waals surface area contributed by atoms with Crippen molar-refractivity contribution in [2.24, 2.45) is 7.05 Å². The normalized spacial score (nSPS) is 10.5. The molecule has 0 fully saturated rings. The number of nitrogens with zero attached hydrogens (tertiary/aromatic N) is 3. The third kappa shape index (κ3) is 5.20. The van der Waals surface area contributed by atoms with E-state index in [0.717, 1.165) is 5.56 Å². The average molecular weight is 395 g/mol. The molecule has 1 heterocycles. The minimum Gasteiger partial charge on any atom is -0.348 e. The van der Waals surface area contributed by atoms with Crippen LogP contribution in [0.2, 0.25) is 0 Å². The lowest BCUT2D eigenvalue weighted by Crippen LogP contribution is -2.25. The van der Waals surface area contributed by atoms with Crippen LogP contribution in [0.15, 0.2) is 60.0 Å². The van der Waals surface area contributed by atoms with Gasteiger partial charge in [0.15, 0.2) is 5.16 Å². The van der Waals surface area contributed by atoms with Crippen molar-refractivity contribution in [3.63, 3.8) is 0 Å². The number of amides is 2. The zero-order chi connectivity index (χ0) is 19.9. The molecule has 7 nitrogen and oxygen atoms in total. The number of carbonyl (C=O) groups excluding carboxylic acids is 2. The van der Waals surface area contributed by atoms with Gasteiger partial charge < -0.3 is 15.2 Å². The van der Waals surface area contributed by atoms with Crippen LogP contribution in [0.4, 0.5) is 5.69 Å². The van der Waals surface area contributed by atoms with Crippen molar-refractivity contribution in [2.75, 3.05) is 11.1 Å². The lowest BCUT2D eigenvalue weighted by atomic mass is 10.1. The van der Waals surface area contributed by atoms with Gasteiger partial charge in [-0.05, 0) is 24.6 Å². The minimum atomic E-state index is -0.238. The fourth-order valence-corrected chi connectivity index (χ4v) is 3.18. The van der Waals surface area contributed by atoms with Crippen molar-refractivity contribution in [3.8, 4) is 0 Å². The summed E-state index contributed by atoms with van der Waals surface area (Å²) < 4.78 is 1.74. The number of nitrogens with one attached hydrogen (secondary N) is 2. The quantitative estimate of drug-likeness (QED) is 0.601. The van der Waals surface area contributed by atoms with Crippen LogP contribution in [-0.4, -0.2) is 32.3 Å². The predicted molar refractivity (Wildman–Crippen MR) is 109 cm³/mol. The van der Waals surface area contributed by atoms with E-state index in [9.17, 15) is 9.59 Å². The van der Waals surface area contributed by atoms with Crippen LogP contribution >= 0.6 is 11.8 Å². The second-order valence-electron chi connectivity index (χ2n) is 6.28. The van der Waals surface area contributed by atoms with E-state index >= 15 is 0 Å². The fourth-order valence-electron chi connectivity index (χ4n) is 2.49. The van der Waals surface area contributed by atoms with E-state index in [2.05, 4.69) is 20.8 Å². The third-order valence-corrected chi connectivity index (χ3v) is 5.06. The van der Waals surface area contributed by atoms with Crippen LogP contribution in [-0.2, 0) is 18.4 Å². The molecule has 0 unspecified atom stereocenters. The Kier molecular flexibility index (Phi) is 6.44. The molecule has 3 aromatic rings. The number of hydrogen-bond donors (Lipinski definition) is 2. The SMILES string of the molecule is Cc1ccc(CNC(=O)c2ccccc2NC(=O)CSc2nncn2C)cc1. The lowest BCUT2D eigenvalue weighted by molar-refractivity contribution is -0.113. The summed E-state index contributed by atoms with van der Waals surface area (Å²) in [6.45, 7) is 2.44. The number of carbonyl (C=O) groups is 2. The molecule has 0 saturated heterocycles. The van der Waals surface area contributed by atoms with Gasteiger partial charge in [-0.15, -0.1) is 10.2 Å². The van der Waals surface area contributed by atoms with E-state index < -0.39 is 0 Å². The van der Waals surface area contributed by atoms with Crippen molar-refractivity contribution >= 4 is 29.3 Å². The van der Waals surface area contributed by atoms with E-state index in [4.69, 9.17) is 0 Å². The Balaban J connectivity index is 1.60. The number of anilines is 1. The van der Waals surface area contributed by atoms with Crippen molar-refractivity contribution < 1.29 is 9.59 Å². The zero-order valence-corrected chi connectivity index (χ0v) is 16.5. The molecule has 0 atom stereocenters. The third-order valence-electron chi connectivity index (χ3n) is 4.02. The van der Waals surface area contributed by atoms with Crippen molar-refractivity contribution in [1.29, 1.82) is 0 Å². The van der Waals surface area contributed by atoms with E-state index in [1.165, 1.54) is 17.3 Å². The number of hydrogen-bond acceptors (Lipinski definition) is 5. The molecular weight excluding hydrogens is 374 g/mol. The van der Waals surface area contributed by atoms with E-state index in [0.29, 0.717) is 23.0 Å². The van der Waals surface area contributed by atoms with Crippen molar-refractivity contribution in [1.82, 2.24) is 20.1 Å². The summed E-state index contributed by atoms with van der Waals surface area (Å²) in [5.74, 6) is -0.282. The summed E-state index contributed by atoms with van der Waals surface area (Å²) in [6.07, 6.45) is 1.58. The highest BCUT2D eigenvalue weighted by atomic mass is 32.2. The summed E-state index contributed by atoms with van der Waals surface area (Å²) in [5.41, 5.74) is 3.09. The number of benzene rings is 2. The van der Waals surface area contributed by atoms with E-state index in [-0.39, 0.29) is 17.6 Å². The Bertz CT molecular complexity index is 969. The summed E-state index contributed by atoms with van der Waals surface area (Å²) >= 11 is 1.28. The van der Waals surface area contributed by atoms with Crippen molar-refractivity contribution in [3.05, 3.63) is 71.5 Å². The van der Waals surface area contributed by atoms with Gasteiger partial charge in [-0.1, -0.05) is 53.7 Å². The Hall–Kier alpha value is -3.13. The van der Waals surface area contributed by atoms with Gasteiger partial charge in [0.25, 0.3) is 5.91 Å². The first-order valence-corrected chi connectivity index (χ1v) is 9.71. The van der Waals surface area contributed by atoms with Gasteiger partial charge in [0.2, 0.25) is 5.91 Å². The van der Waals surface area contributed by atoms with Crippen LogP contribution in [0.1, 0.15) is 21.5 Å².